The van der Waals surface area contributed by atoms with E-state index < -0.39 is 0 Å². The number of aldehydes is 1. The molecule has 2 aromatic heterocycles. The van der Waals surface area contributed by atoms with Crippen molar-refractivity contribution in [1.29, 1.82) is 0 Å². The number of nitrogens with one attached hydrogen (secondary N) is 2. The number of allylic oxidation sites excluding steroid dienone is 4. The molecule has 2 heterocycles. The minimum atomic E-state index is 0.559. The molecule has 0 bridgehead atoms. The number of carbonyl (C=O) groups excluding carboxylic acids is 1. The zero-order valence-electron chi connectivity index (χ0n) is 15.4. The van der Waals surface area contributed by atoms with Crippen LogP contribution >= 0.6 is 11.3 Å². The lowest BCUT2D eigenvalue weighted by Crippen LogP contribution is -2.02. The molecule has 0 spiro atoms. The number of anilines is 2. The van der Waals surface area contributed by atoms with Gasteiger partial charge in [0.25, 0.3) is 0 Å². The second-order valence-electron chi connectivity index (χ2n) is 4.87. The SMILES string of the molecule is C/C=C\CC.C=C/C=C/N=CNc1c(C=O)sc2ncnc(NCC)c12. The Labute approximate surface area is 158 Å². The Morgan fingerprint density at radius 3 is 2.73 bits per heavy atom. The van der Waals surface area contributed by atoms with E-state index in [4.69, 9.17) is 0 Å². The van der Waals surface area contributed by atoms with E-state index >= 15 is 0 Å². The van der Waals surface area contributed by atoms with Gasteiger partial charge in [-0.2, -0.15) is 0 Å². The molecule has 0 radical (unpaired) electrons. The molecular weight excluding hydrogens is 346 g/mol. The summed E-state index contributed by atoms with van der Waals surface area (Å²) < 4.78 is 0. The van der Waals surface area contributed by atoms with Crippen molar-refractivity contribution >= 4 is 45.7 Å². The molecule has 2 aromatic rings. The zero-order chi connectivity index (χ0) is 19.2. The molecule has 2 rings (SSSR count). The van der Waals surface area contributed by atoms with Crippen molar-refractivity contribution in [1.82, 2.24) is 9.97 Å². The summed E-state index contributed by atoms with van der Waals surface area (Å²) in [6, 6.07) is 0. The van der Waals surface area contributed by atoms with Crippen molar-refractivity contribution in [2.75, 3.05) is 17.2 Å². The molecule has 0 aliphatic rings. The van der Waals surface area contributed by atoms with Gasteiger partial charge in [0.15, 0.2) is 6.29 Å². The molecule has 0 saturated heterocycles. The molecular formula is C19H25N5OS. The largest absolute Gasteiger partial charge is 0.370 e. The van der Waals surface area contributed by atoms with E-state index in [9.17, 15) is 4.79 Å². The quantitative estimate of drug-likeness (QED) is 0.223. The number of nitrogens with zero attached hydrogens (tertiary/aromatic N) is 3. The molecule has 0 unspecified atom stereocenters. The fraction of sp³-hybridized carbons (Fsp3) is 0.263. The van der Waals surface area contributed by atoms with Crippen molar-refractivity contribution in [2.24, 2.45) is 4.99 Å². The van der Waals surface area contributed by atoms with Crippen LogP contribution in [0, 0.1) is 0 Å². The number of aromatic nitrogens is 2. The highest BCUT2D eigenvalue weighted by atomic mass is 32.1. The minimum Gasteiger partial charge on any atom is -0.370 e. The fourth-order valence-corrected chi connectivity index (χ4v) is 2.89. The second kappa shape index (κ2) is 12.5. The molecule has 0 aliphatic carbocycles. The lowest BCUT2D eigenvalue weighted by atomic mass is 10.3. The van der Waals surface area contributed by atoms with E-state index in [1.807, 2.05) is 13.8 Å². The Morgan fingerprint density at radius 1 is 1.35 bits per heavy atom. The topological polar surface area (TPSA) is 79.3 Å². The summed E-state index contributed by atoms with van der Waals surface area (Å²) in [6.07, 6.45) is 14.1. The van der Waals surface area contributed by atoms with Crippen molar-refractivity contribution in [2.45, 2.75) is 27.2 Å². The van der Waals surface area contributed by atoms with Crippen LogP contribution in [0.2, 0.25) is 0 Å². The molecule has 0 atom stereocenters. The van der Waals surface area contributed by atoms with Crippen molar-refractivity contribution in [3.63, 3.8) is 0 Å². The van der Waals surface area contributed by atoms with Gasteiger partial charge in [-0.25, -0.2) is 15.0 Å². The first-order valence-corrected chi connectivity index (χ1v) is 9.18. The number of fused-ring (bicyclic) bond motifs is 1. The standard InChI is InChI=1S/C14H15N5OS.C5H10/c1-3-5-6-15-8-17-12-10(7-20)21-14-11(12)13(16-4-2)18-9-19-14;1-3-5-4-2/h3,5-9H,1,4H2,2H3,(H,15,17)(H,16,18,19);3,5H,4H2,1-2H3/b6-5+;5-3-. The highest BCUT2D eigenvalue weighted by Crippen LogP contribution is 2.36. The van der Waals surface area contributed by atoms with E-state index in [2.05, 4.69) is 51.2 Å². The van der Waals surface area contributed by atoms with Crippen LogP contribution < -0.4 is 10.6 Å². The average molecular weight is 372 g/mol. The summed E-state index contributed by atoms with van der Waals surface area (Å²) in [5.74, 6) is 0.699. The molecule has 2 N–H and O–H groups in total. The Kier molecular flexibility index (Phi) is 10.3. The molecule has 7 heteroatoms. The third kappa shape index (κ3) is 6.25. The van der Waals surface area contributed by atoms with E-state index in [0.29, 0.717) is 16.4 Å². The lowest BCUT2D eigenvalue weighted by Gasteiger charge is -2.05. The Bertz CT molecular complexity index is 793. The Hall–Kier alpha value is -2.80. The predicted molar refractivity (Wildman–Crippen MR) is 114 cm³/mol. The number of thiophene rings is 1. The third-order valence-electron chi connectivity index (χ3n) is 3.03. The number of carbonyl (C=O) groups is 1. The maximum atomic E-state index is 11.2. The van der Waals surface area contributed by atoms with Crippen LogP contribution in [0.5, 0.6) is 0 Å². The first-order valence-electron chi connectivity index (χ1n) is 8.36. The van der Waals surface area contributed by atoms with E-state index in [-0.39, 0.29) is 0 Å². The van der Waals surface area contributed by atoms with Gasteiger partial charge >= 0.3 is 0 Å². The van der Waals surface area contributed by atoms with Gasteiger partial charge in [0.1, 0.15) is 17.0 Å². The maximum absolute atomic E-state index is 11.2. The molecule has 6 nitrogen and oxygen atoms in total. The maximum Gasteiger partial charge on any atom is 0.162 e. The summed E-state index contributed by atoms with van der Waals surface area (Å²) >= 11 is 1.31. The highest BCUT2D eigenvalue weighted by molar-refractivity contribution is 7.21. The Morgan fingerprint density at radius 2 is 2.15 bits per heavy atom. The van der Waals surface area contributed by atoms with E-state index in [1.165, 1.54) is 24.0 Å². The van der Waals surface area contributed by atoms with Crippen LogP contribution in [-0.4, -0.2) is 29.1 Å². The van der Waals surface area contributed by atoms with Gasteiger partial charge in [-0.05, 0) is 26.3 Å². The van der Waals surface area contributed by atoms with Crippen molar-refractivity contribution in [3.8, 4) is 0 Å². The summed E-state index contributed by atoms with van der Waals surface area (Å²) in [5, 5.41) is 6.99. The molecule has 26 heavy (non-hydrogen) atoms. The minimum absolute atomic E-state index is 0.559. The summed E-state index contributed by atoms with van der Waals surface area (Å²) in [6.45, 7) is 10.4. The fourth-order valence-electron chi connectivity index (χ4n) is 1.97. The second-order valence-corrected chi connectivity index (χ2v) is 5.90. The smallest absolute Gasteiger partial charge is 0.162 e. The normalized spacial score (nSPS) is 11.0. The highest BCUT2D eigenvalue weighted by Gasteiger charge is 2.16. The van der Waals surface area contributed by atoms with Gasteiger partial charge in [0.05, 0.1) is 22.3 Å². The predicted octanol–water partition coefficient (Wildman–Crippen LogP) is 5.05. The molecule has 0 aromatic carbocycles. The number of hydrogen-bond donors (Lipinski definition) is 2. The first-order chi connectivity index (χ1) is 12.7. The number of aliphatic imine (C=N–C) groups is 1. The van der Waals surface area contributed by atoms with Crippen LogP contribution in [0.1, 0.15) is 36.9 Å². The molecule has 0 aliphatic heterocycles. The summed E-state index contributed by atoms with van der Waals surface area (Å²) in [5.41, 5.74) is 0.664. The van der Waals surface area contributed by atoms with Crippen LogP contribution in [0.25, 0.3) is 10.2 Å². The zero-order valence-corrected chi connectivity index (χ0v) is 16.2. The van der Waals surface area contributed by atoms with Crippen LogP contribution in [0.4, 0.5) is 11.5 Å². The number of hydrogen-bond acceptors (Lipinski definition) is 6. The van der Waals surface area contributed by atoms with Crippen LogP contribution in [0.15, 0.2) is 48.4 Å². The lowest BCUT2D eigenvalue weighted by molar-refractivity contribution is 0.112. The summed E-state index contributed by atoms with van der Waals surface area (Å²) in [7, 11) is 0. The van der Waals surface area contributed by atoms with E-state index in [1.54, 1.807) is 18.4 Å². The average Bonchev–Trinajstić information content (AvgIpc) is 3.02. The number of rotatable bonds is 8. The Balaban J connectivity index is 0.000000597. The molecule has 0 fully saturated rings. The van der Waals surface area contributed by atoms with Crippen LogP contribution in [0.3, 0.4) is 0 Å². The molecule has 0 saturated carbocycles. The van der Waals surface area contributed by atoms with E-state index in [0.717, 1.165) is 29.5 Å². The first kappa shape index (κ1) is 21.2. The van der Waals surface area contributed by atoms with Gasteiger partial charge in [0.2, 0.25) is 0 Å². The monoisotopic (exact) mass is 371 g/mol. The molecule has 0 amide bonds. The van der Waals surface area contributed by atoms with Gasteiger partial charge in [-0.1, -0.05) is 31.7 Å². The van der Waals surface area contributed by atoms with Crippen LogP contribution in [-0.2, 0) is 0 Å². The summed E-state index contributed by atoms with van der Waals surface area (Å²) in [4.78, 5) is 25.0. The van der Waals surface area contributed by atoms with Gasteiger partial charge in [-0.3, -0.25) is 4.79 Å². The van der Waals surface area contributed by atoms with Gasteiger partial charge in [0, 0.05) is 12.7 Å². The van der Waals surface area contributed by atoms with Crippen molar-refractivity contribution in [3.05, 3.63) is 48.3 Å². The third-order valence-corrected chi connectivity index (χ3v) is 4.05. The van der Waals surface area contributed by atoms with Crippen molar-refractivity contribution < 1.29 is 4.79 Å². The van der Waals surface area contributed by atoms with Gasteiger partial charge < -0.3 is 10.6 Å². The van der Waals surface area contributed by atoms with Gasteiger partial charge in [-0.15, -0.1) is 11.3 Å². The molecule has 138 valence electrons.